The summed E-state index contributed by atoms with van der Waals surface area (Å²) in [5.41, 5.74) is 5.00. The van der Waals surface area contributed by atoms with Gasteiger partial charge in [0.1, 0.15) is 5.82 Å². The second-order valence-electron chi connectivity index (χ2n) is 5.72. The number of aromatic nitrogens is 2. The first kappa shape index (κ1) is 15.7. The Hall–Kier alpha value is -3.20. The van der Waals surface area contributed by atoms with Gasteiger partial charge in [0.15, 0.2) is 0 Å². The largest absolute Gasteiger partial charge is 0.323 e. The van der Waals surface area contributed by atoms with Crippen LogP contribution < -0.4 is 0 Å². The number of nitriles is 1. The number of imidazole rings is 1. The Morgan fingerprint density at radius 3 is 2.50 bits per heavy atom. The molecule has 0 amide bonds. The van der Waals surface area contributed by atoms with Gasteiger partial charge < -0.3 is 4.57 Å². The normalized spacial score (nSPS) is 10.7. The summed E-state index contributed by atoms with van der Waals surface area (Å²) < 4.78 is 2.01. The highest BCUT2D eigenvalue weighted by atomic mass is 16.6. The molecule has 6 heteroatoms. The van der Waals surface area contributed by atoms with Crippen LogP contribution in [0.3, 0.4) is 0 Å². The van der Waals surface area contributed by atoms with Crippen molar-refractivity contribution in [2.24, 2.45) is 0 Å². The van der Waals surface area contributed by atoms with Gasteiger partial charge in [0.2, 0.25) is 0 Å². The predicted molar refractivity (Wildman–Crippen MR) is 91.5 cm³/mol. The van der Waals surface area contributed by atoms with Gasteiger partial charge in [0, 0.05) is 24.2 Å². The lowest BCUT2D eigenvalue weighted by atomic mass is 10.1. The average Bonchev–Trinajstić information content (AvgIpc) is 2.91. The molecule has 0 saturated carbocycles. The topological polar surface area (TPSA) is 84.8 Å². The molecular formula is C18H16N4O2. The average molecular weight is 320 g/mol. The van der Waals surface area contributed by atoms with Gasteiger partial charge in [-0.25, -0.2) is 4.98 Å². The summed E-state index contributed by atoms with van der Waals surface area (Å²) >= 11 is 0. The number of nitro groups is 1. The zero-order chi connectivity index (χ0) is 17.3. The molecule has 6 nitrogen and oxygen atoms in total. The van der Waals surface area contributed by atoms with Crippen LogP contribution in [0.15, 0.2) is 36.4 Å². The van der Waals surface area contributed by atoms with Crippen LogP contribution in [-0.2, 0) is 6.54 Å². The molecule has 0 unspecified atom stereocenters. The van der Waals surface area contributed by atoms with Crippen molar-refractivity contribution in [3.63, 3.8) is 0 Å². The van der Waals surface area contributed by atoms with E-state index in [2.05, 4.69) is 12.1 Å². The first-order chi connectivity index (χ1) is 11.5. The van der Waals surface area contributed by atoms with E-state index >= 15 is 0 Å². The maximum absolute atomic E-state index is 10.8. The first-order valence-corrected chi connectivity index (χ1v) is 7.60. The molecule has 24 heavy (non-hydrogen) atoms. The van der Waals surface area contributed by atoms with E-state index in [4.69, 9.17) is 10.2 Å². The molecule has 0 atom stereocenters. The molecule has 3 aromatic rings. The lowest BCUT2D eigenvalue weighted by Crippen LogP contribution is -2.00. The van der Waals surface area contributed by atoms with Gasteiger partial charge in [-0.15, -0.1) is 0 Å². The number of fused-ring (bicyclic) bond motifs is 1. The fourth-order valence-corrected chi connectivity index (χ4v) is 2.72. The highest BCUT2D eigenvalue weighted by molar-refractivity contribution is 5.82. The van der Waals surface area contributed by atoms with Crippen molar-refractivity contribution in [1.82, 2.24) is 9.55 Å². The van der Waals surface area contributed by atoms with Crippen molar-refractivity contribution in [3.05, 3.63) is 57.6 Å². The Balaban J connectivity index is 2.18. The van der Waals surface area contributed by atoms with Gasteiger partial charge >= 0.3 is 0 Å². The van der Waals surface area contributed by atoms with Gasteiger partial charge in [0.25, 0.3) is 5.69 Å². The van der Waals surface area contributed by atoms with Crippen molar-refractivity contribution in [1.29, 1.82) is 5.26 Å². The van der Waals surface area contributed by atoms with Crippen molar-refractivity contribution < 1.29 is 4.92 Å². The van der Waals surface area contributed by atoms with Crippen molar-refractivity contribution in [3.8, 4) is 17.5 Å². The van der Waals surface area contributed by atoms with Crippen LogP contribution in [0.25, 0.3) is 22.4 Å². The number of rotatable bonds is 4. The number of nitrogens with zero attached hydrogens (tertiary/aromatic N) is 4. The molecule has 0 aliphatic rings. The number of hydrogen-bond donors (Lipinski definition) is 0. The monoisotopic (exact) mass is 320 g/mol. The molecule has 1 heterocycles. The van der Waals surface area contributed by atoms with E-state index in [9.17, 15) is 10.1 Å². The Kier molecular flexibility index (Phi) is 4.00. The summed E-state index contributed by atoms with van der Waals surface area (Å²) in [6.45, 7) is 4.61. The Morgan fingerprint density at radius 1 is 1.21 bits per heavy atom. The molecule has 0 bridgehead atoms. The quantitative estimate of drug-likeness (QED) is 0.534. The van der Waals surface area contributed by atoms with Gasteiger partial charge in [-0.3, -0.25) is 10.1 Å². The molecule has 0 aliphatic heterocycles. The second kappa shape index (κ2) is 6.13. The third-order valence-electron chi connectivity index (χ3n) is 4.15. The fourth-order valence-electron chi connectivity index (χ4n) is 2.72. The lowest BCUT2D eigenvalue weighted by Gasteiger charge is -2.08. The predicted octanol–water partition coefficient (Wildman–Crippen LogP) is 4.14. The molecule has 0 aliphatic carbocycles. The number of nitro benzene ring substituents is 1. The molecule has 0 spiro atoms. The third kappa shape index (κ3) is 2.72. The smallest absolute Gasteiger partial charge is 0.269 e. The summed E-state index contributed by atoms with van der Waals surface area (Å²) in [6.07, 6.45) is 0.373. The van der Waals surface area contributed by atoms with Crippen molar-refractivity contribution >= 4 is 16.7 Å². The summed E-state index contributed by atoms with van der Waals surface area (Å²) in [7, 11) is 0. The van der Waals surface area contributed by atoms with Gasteiger partial charge in [0.05, 0.1) is 28.4 Å². The number of hydrogen-bond acceptors (Lipinski definition) is 4. The van der Waals surface area contributed by atoms with Crippen LogP contribution >= 0.6 is 0 Å². The van der Waals surface area contributed by atoms with Gasteiger partial charge in [-0.05, 0) is 49.2 Å². The number of aryl methyl sites for hydroxylation is 3. The Labute approximate surface area is 139 Å². The molecule has 3 rings (SSSR count). The maximum Gasteiger partial charge on any atom is 0.269 e. The molecule has 0 fully saturated rings. The standard InChI is InChI=1S/C18H16N4O2/c1-12-10-16-17(11-13(12)2)21(9-3-8-19)18(20-16)14-4-6-15(7-5-14)22(23)24/h4-7,10-11H,3,9H2,1-2H3. The van der Waals surface area contributed by atoms with E-state index in [-0.39, 0.29) is 5.69 Å². The van der Waals surface area contributed by atoms with E-state index < -0.39 is 4.92 Å². The van der Waals surface area contributed by atoms with Crippen LogP contribution in [0.4, 0.5) is 5.69 Å². The van der Waals surface area contributed by atoms with E-state index in [1.54, 1.807) is 12.1 Å². The molecule has 1 aromatic heterocycles. The zero-order valence-corrected chi connectivity index (χ0v) is 13.5. The van der Waals surface area contributed by atoms with Crippen LogP contribution in [0, 0.1) is 35.3 Å². The van der Waals surface area contributed by atoms with Gasteiger partial charge in [-0.1, -0.05) is 0 Å². The van der Waals surface area contributed by atoms with Crippen LogP contribution in [-0.4, -0.2) is 14.5 Å². The van der Waals surface area contributed by atoms with E-state index in [0.717, 1.165) is 33.5 Å². The molecule has 120 valence electrons. The molecule has 2 aromatic carbocycles. The first-order valence-electron chi connectivity index (χ1n) is 7.60. The van der Waals surface area contributed by atoms with Crippen LogP contribution in [0.5, 0.6) is 0 Å². The minimum Gasteiger partial charge on any atom is -0.323 e. The zero-order valence-electron chi connectivity index (χ0n) is 13.5. The minimum absolute atomic E-state index is 0.0464. The van der Waals surface area contributed by atoms with Crippen molar-refractivity contribution in [2.75, 3.05) is 0 Å². The summed E-state index contributed by atoms with van der Waals surface area (Å²) in [5.74, 6) is 0.722. The van der Waals surface area contributed by atoms with Gasteiger partial charge in [-0.2, -0.15) is 5.26 Å². The summed E-state index contributed by atoms with van der Waals surface area (Å²) in [6, 6.07) is 12.6. The maximum atomic E-state index is 10.8. The van der Waals surface area contributed by atoms with Crippen molar-refractivity contribution in [2.45, 2.75) is 26.8 Å². The Morgan fingerprint density at radius 2 is 1.88 bits per heavy atom. The highest BCUT2D eigenvalue weighted by Crippen LogP contribution is 2.28. The minimum atomic E-state index is -0.421. The number of non-ortho nitro benzene ring substituents is 1. The lowest BCUT2D eigenvalue weighted by molar-refractivity contribution is -0.384. The van der Waals surface area contributed by atoms with Crippen LogP contribution in [0.1, 0.15) is 17.5 Å². The third-order valence-corrected chi connectivity index (χ3v) is 4.15. The van der Waals surface area contributed by atoms with E-state index in [1.807, 2.05) is 24.5 Å². The molecule has 0 N–H and O–H groups in total. The van der Waals surface area contributed by atoms with E-state index in [0.29, 0.717) is 13.0 Å². The number of benzene rings is 2. The van der Waals surface area contributed by atoms with E-state index in [1.165, 1.54) is 12.1 Å². The molecular weight excluding hydrogens is 304 g/mol. The summed E-state index contributed by atoms with van der Waals surface area (Å²) in [4.78, 5) is 15.1. The SMILES string of the molecule is Cc1cc2nc(-c3ccc([N+](=O)[O-])cc3)n(CCC#N)c2cc1C. The Bertz CT molecular complexity index is 965. The second-order valence-corrected chi connectivity index (χ2v) is 5.72. The molecule has 0 saturated heterocycles. The highest BCUT2D eigenvalue weighted by Gasteiger charge is 2.15. The summed E-state index contributed by atoms with van der Waals surface area (Å²) in [5, 5.41) is 19.8. The van der Waals surface area contributed by atoms with Crippen LogP contribution in [0.2, 0.25) is 0 Å². The molecule has 0 radical (unpaired) electrons. The fraction of sp³-hybridized carbons (Fsp3) is 0.222.